The molecule has 1 saturated heterocycles. The number of hydrogen-bond acceptors (Lipinski definition) is 3. The van der Waals surface area contributed by atoms with Gasteiger partial charge in [0, 0.05) is 18.2 Å². The first-order chi connectivity index (χ1) is 9.65. The van der Waals surface area contributed by atoms with Crippen LogP contribution in [0.4, 0.5) is 0 Å². The molecule has 2 heterocycles. The van der Waals surface area contributed by atoms with Gasteiger partial charge in [0.1, 0.15) is 0 Å². The van der Waals surface area contributed by atoms with E-state index in [9.17, 15) is 4.79 Å². The number of nitrogens with two attached hydrogens (primary N) is 1. The lowest BCUT2D eigenvalue weighted by molar-refractivity contribution is 0.0998. The fraction of sp³-hybridized carbons (Fsp3) is 0.625. The second-order valence-corrected chi connectivity index (χ2v) is 6.14. The van der Waals surface area contributed by atoms with Crippen molar-refractivity contribution in [2.45, 2.75) is 51.0 Å². The Kier molecular flexibility index (Phi) is 3.74. The summed E-state index contributed by atoms with van der Waals surface area (Å²) >= 11 is 0. The van der Waals surface area contributed by atoms with Gasteiger partial charge in [-0.25, -0.2) is 0 Å². The lowest BCUT2D eigenvalue weighted by Gasteiger charge is -2.32. The van der Waals surface area contributed by atoms with Crippen LogP contribution in [-0.4, -0.2) is 35.4 Å². The molecule has 0 spiro atoms. The second kappa shape index (κ2) is 5.52. The zero-order chi connectivity index (χ0) is 14.1. The van der Waals surface area contributed by atoms with E-state index in [1.165, 1.54) is 30.5 Å². The number of aromatic nitrogens is 1. The topological polar surface area (TPSA) is 59.2 Å². The average Bonchev–Trinajstić information content (AvgIpc) is 2.87. The third kappa shape index (κ3) is 2.57. The molecule has 4 heteroatoms. The number of carbonyl (C=O) groups excluding carboxylic acids is 1. The van der Waals surface area contributed by atoms with E-state index in [0.717, 1.165) is 37.9 Å². The van der Waals surface area contributed by atoms with Crippen molar-refractivity contribution in [1.29, 1.82) is 0 Å². The van der Waals surface area contributed by atoms with Crippen molar-refractivity contribution in [1.82, 2.24) is 9.88 Å². The van der Waals surface area contributed by atoms with Gasteiger partial charge in [0.2, 0.25) is 0 Å². The Hall–Kier alpha value is -1.42. The highest BCUT2D eigenvalue weighted by atomic mass is 16.1. The van der Waals surface area contributed by atoms with E-state index in [-0.39, 0.29) is 5.91 Å². The van der Waals surface area contributed by atoms with Gasteiger partial charge < -0.3 is 10.6 Å². The van der Waals surface area contributed by atoms with Crippen LogP contribution in [0.15, 0.2) is 6.07 Å². The van der Waals surface area contributed by atoms with Crippen LogP contribution in [0.2, 0.25) is 0 Å². The van der Waals surface area contributed by atoms with Gasteiger partial charge in [-0.15, -0.1) is 0 Å². The van der Waals surface area contributed by atoms with Gasteiger partial charge in [-0.2, -0.15) is 0 Å². The molecule has 3 rings (SSSR count). The molecule has 0 saturated carbocycles. The lowest BCUT2D eigenvalue weighted by Crippen LogP contribution is -2.38. The predicted molar refractivity (Wildman–Crippen MR) is 78.8 cm³/mol. The van der Waals surface area contributed by atoms with Crippen molar-refractivity contribution in [3.05, 3.63) is 28.6 Å². The minimum absolute atomic E-state index is 0.333. The summed E-state index contributed by atoms with van der Waals surface area (Å²) in [6.07, 6.45) is 7.80. The standard InChI is InChI=1S/C16H23N3O/c1-19-8-3-2-6-12(19)10-15-13(16(17)20)9-11-5-4-7-14(11)18-15/h9,12H,2-8,10H2,1H3,(H2,17,20)/t12-/m0/s1. The highest BCUT2D eigenvalue weighted by molar-refractivity contribution is 5.94. The summed E-state index contributed by atoms with van der Waals surface area (Å²) in [6.45, 7) is 1.14. The van der Waals surface area contributed by atoms with E-state index in [4.69, 9.17) is 10.7 Å². The summed E-state index contributed by atoms with van der Waals surface area (Å²) in [6, 6.07) is 2.49. The first-order valence-electron chi connectivity index (χ1n) is 7.67. The Labute approximate surface area is 120 Å². The Morgan fingerprint density at radius 3 is 3.00 bits per heavy atom. The fourth-order valence-electron chi connectivity index (χ4n) is 3.51. The maximum atomic E-state index is 11.7. The molecule has 2 aliphatic rings. The zero-order valence-corrected chi connectivity index (χ0v) is 12.2. The molecule has 1 atom stereocenters. The number of hydrogen-bond donors (Lipinski definition) is 1. The molecule has 20 heavy (non-hydrogen) atoms. The SMILES string of the molecule is CN1CCCC[C@H]1Cc1nc2c(cc1C(N)=O)CCC2. The number of likely N-dealkylation sites (N-methyl/N-ethyl adjacent to an activating group) is 1. The van der Waals surface area contributed by atoms with Crippen LogP contribution in [0.25, 0.3) is 0 Å². The number of carbonyl (C=O) groups is 1. The van der Waals surface area contributed by atoms with E-state index in [1.807, 2.05) is 6.07 Å². The maximum absolute atomic E-state index is 11.7. The molecule has 1 aliphatic heterocycles. The van der Waals surface area contributed by atoms with Crippen molar-refractivity contribution >= 4 is 5.91 Å². The van der Waals surface area contributed by atoms with Gasteiger partial charge in [-0.3, -0.25) is 9.78 Å². The molecule has 1 aromatic rings. The summed E-state index contributed by atoms with van der Waals surface area (Å²) in [7, 11) is 2.17. The van der Waals surface area contributed by atoms with Gasteiger partial charge in [0.15, 0.2) is 0 Å². The molecule has 0 aromatic carbocycles. The van der Waals surface area contributed by atoms with Crippen molar-refractivity contribution in [2.24, 2.45) is 5.73 Å². The molecule has 1 aromatic heterocycles. The summed E-state index contributed by atoms with van der Waals surface area (Å²) in [5, 5.41) is 0. The summed E-state index contributed by atoms with van der Waals surface area (Å²) in [5.74, 6) is -0.333. The molecule has 2 N–H and O–H groups in total. The Bertz CT molecular complexity index is 527. The molecule has 1 fully saturated rings. The van der Waals surface area contributed by atoms with Crippen molar-refractivity contribution in [3.8, 4) is 0 Å². The Morgan fingerprint density at radius 1 is 1.40 bits per heavy atom. The number of nitrogens with zero attached hydrogens (tertiary/aromatic N) is 2. The van der Waals surface area contributed by atoms with Gasteiger partial charge in [-0.1, -0.05) is 6.42 Å². The lowest BCUT2D eigenvalue weighted by atomic mass is 9.95. The molecule has 0 bridgehead atoms. The molecular formula is C16H23N3O. The quantitative estimate of drug-likeness (QED) is 0.912. The third-order valence-corrected chi connectivity index (χ3v) is 4.75. The van der Waals surface area contributed by atoms with Gasteiger partial charge in [-0.05, 0) is 57.3 Å². The van der Waals surface area contributed by atoms with Crippen molar-refractivity contribution in [3.63, 3.8) is 0 Å². The zero-order valence-electron chi connectivity index (χ0n) is 12.2. The van der Waals surface area contributed by atoms with Crippen LogP contribution < -0.4 is 5.73 Å². The second-order valence-electron chi connectivity index (χ2n) is 6.14. The molecular weight excluding hydrogens is 250 g/mol. The van der Waals surface area contributed by atoms with Crippen molar-refractivity contribution < 1.29 is 4.79 Å². The largest absolute Gasteiger partial charge is 0.366 e. The number of amides is 1. The molecule has 1 aliphatic carbocycles. The van der Waals surface area contributed by atoms with E-state index >= 15 is 0 Å². The minimum Gasteiger partial charge on any atom is -0.366 e. The summed E-state index contributed by atoms with van der Waals surface area (Å²) < 4.78 is 0. The fourth-order valence-corrected chi connectivity index (χ4v) is 3.51. The first-order valence-corrected chi connectivity index (χ1v) is 7.67. The van der Waals surface area contributed by atoms with Crippen LogP contribution >= 0.6 is 0 Å². The number of pyridine rings is 1. The molecule has 4 nitrogen and oxygen atoms in total. The van der Waals surface area contributed by atoms with E-state index in [2.05, 4.69) is 11.9 Å². The Balaban J connectivity index is 1.89. The predicted octanol–water partition coefficient (Wildman–Crippen LogP) is 1.70. The molecule has 108 valence electrons. The normalized spacial score (nSPS) is 22.8. The highest BCUT2D eigenvalue weighted by Crippen LogP contribution is 2.25. The summed E-state index contributed by atoms with van der Waals surface area (Å²) in [5.41, 5.74) is 9.52. The number of primary amides is 1. The summed E-state index contributed by atoms with van der Waals surface area (Å²) in [4.78, 5) is 18.9. The smallest absolute Gasteiger partial charge is 0.250 e. The van der Waals surface area contributed by atoms with E-state index < -0.39 is 0 Å². The van der Waals surface area contributed by atoms with Crippen LogP contribution in [0, 0.1) is 0 Å². The van der Waals surface area contributed by atoms with Crippen LogP contribution in [0.5, 0.6) is 0 Å². The van der Waals surface area contributed by atoms with E-state index in [0.29, 0.717) is 11.6 Å². The average molecular weight is 273 g/mol. The highest BCUT2D eigenvalue weighted by Gasteiger charge is 2.24. The number of fused-ring (bicyclic) bond motifs is 1. The van der Waals surface area contributed by atoms with Gasteiger partial charge >= 0.3 is 0 Å². The Morgan fingerprint density at radius 2 is 2.25 bits per heavy atom. The van der Waals surface area contributed by atoms with Gasteiger partial charge in [0.25, 0.3) is 5.91 Å². The monoisotopic (exact) mass is 273 g/mol. The minimum atomic E-state index is -0.333. The van der Waals surface area contributed by atoms with Crippen LogP contribution in [0.1, 0.15) is 53.0 Å². The number of piperidine rings is 1. The molecule has 0 radical (unpaired) electrons. The number of aryl methyl sites for hydroxylation is 2. The number of rotatable bonds is 3. The van der Waals surface area contributed by atoms with Crippen LogP contribution in [-0.2, 0) is 19.3 Å². The van der Waals surface area contributed by atoms with Crippen LogP contribution in [0.3, 0.4) is 0 Å². The third-order valence-electron chi connectivity index (χ3n) is 4.75. The van der Waals surface area contributed by atoms with E-state index in [1.54, 1.807) is 0 Å². The van der Waals surface area contributed by atoms with Crippen molar-refractivity contribution in [2.75, 3.05) is 13.6 Å². The molecule has 0 unspecified atom stereocenters. The molecule has 1 amide bonds. The number of likely N-dealkylation sites (tertiary alicyclic amines) is 1. The first kappa shape index (κ1) is 13.6. The van der Waals surface area contributed by atoms with Gasteiger partial charge in [0.05, 0.1) is 11.3 Å². The maximum Gasteiger partial charge on any atom is 0.250 e.